The predicted molar refractivity (Wildman–Crippen MR) is 101 cm³/mol. The second-order valence-electron chi connectivity index (χ2n) is 6.53. The smallest absolute Gasteiger partial charge is 0.223 e. The molecule has 24 heavy (non-hydrogen) atoms. The highest BCUT2D eigenvalue weighted by Crippen LogP contribution is 2.17. The molecule has 0 atom stereocenters. The van der Waals surface area contributed by atoms with Crippen molar-refractivity contribution < 1.29 is 4.79 Å². The van der Waals surface area contributed by atoms with Gasteiger partial charge in [-0.3, -0.25) is 4.79 Å². The number of carbonyl (C=O) groups is 1. The molecule has 2 rings (SSSR count). The Morgan fingerprint density at radius 2 is 2.08 bits per heavy atom. The molecule has 0 aromatic carbocycles. The number of aromatic nitrogens is 3. The third-order valence-electron chi connectivity index (χ3n) is 4.11. The maximum Gasteiger partial charge on any atom is 0.223 e. The number of amides is 1. The molecule has 0 spiro atoms. The third kappa shape index (κ3) is 6.26. The summed E-state index contributed by atoms with van der Waals surface area (Å²) in [5.41, 5.74) is 0. The highest BCUT2D eigenvalue weighted by molar-refractivity contribution is 7.98. The SMILES string of the molecule is CSc1nnc(CCCNC(=O)C2CCNCC2)n1CC(C)C.Cl. The molecule has 1 amide bonds. The van der Waals surface area contributed by atoms with Crippen molar-refractivity contribution in [3.05, 3.63) is 5.82 Å². The number of hydrogen-bond donors (Lipinski definition) is 2. The number of nitrogens with one attached hydrogen (secondary N) is 2. The van der Waals surface area contributed by atoms with Crippen molar-refractivity contribution >= 4 is 30.1 Å². The van der Waals surface area contributed by atoms with Gasteiger partial charge in [-0.15, -0.1) is 22.6 Å². The first-order chi connectivity index (χ1) is 11.1. The largest absolute Gasteiger partial charge is 0.356 e. The minimum Gasteiger partial charge on any atom is -0.356 e. The molecule has 2 heterocycles. The van der Waals surface area contributed by atoms with Crippen molar-refractivity contribution in [2.45, 2.75) is 51.2 Å². The second-order valence-corrected chi connectivity index (χ2v) is 7.30. The van der Waals surface area contributed by atoms with Gasteiger partial charge in [-0.2, -0.15) is 0 Å². The Labute approximate surface area is 155 Å². The Balaban J connectivity index is 0.00000288. The van der Waals surface area contributed by atoms with Gasteiger partial charge in [0.05, 0.1) is 0 Å². The molecule has 1 aliphatic rings. The first-order valence-corrected chi connectivity index (χ1v) is 9.78. The summed E-state index contributed by atoms with van der Waals surface area (Å²) < 4.78 is 2.21. The first-order valence-electron chi connectivity index (χ1n) is 8.56. The molecule has 1 aromatic heterocycles. The van der Waals surface area contributed by atoms with Crippen LogP contribution in [0.1, 0.15) is 38.9 Å². The molecular formula is C16H30ClN5OS. The maximum absolute atomic E-state index is 12.1. The van der Waals surface area contributed by atoms with Gasteiger partial charge in [-0.25, -0.2) is 0 Å². The molecule has 8 heteroatoms. The fraction of sp³-hybridized carbons (Fsp3) is 0.812. The van der Waals surface area contributed by atoms with Crippen LogP contribution >= 0.6 is 24.2 Å². The quantitative estimate of drug-likeness (QED) is 0.538. The molecule has 6 nitrogen and oxygen atoms in total. The number of carbonyl (C=O) groups excluding carboxylic acids is 1. The Morgan fingerprint density at radius 3 is 2.71 bits per heavy atom. The third-order valence-corrected chi connectivity index (χ3v) is 4.78. The van der Waals surface area contributed by atoms with Crippen molar-refractivity contribution in [2.75, 3.05) is 25.9 Å². The topological polar surface area (TPSA) is 71.8 Å². The predicted octanol–water partition coefficient (Wildman–Crippen LogP) is 2.13. The van der Waals surface area contributed by atoms with Crippen LogP contribution in [-0.4, -0.2) is 46.6 Å². The maximum atomic E-state index is 12.1. The molecule has 138 valence electrons. The molecular weight excluding hydrogens is 346 g/mol. The summed E-state index contributed by atoms with van der Waals surface area (Å²) in [5, 5.41) is 15.9. The van der Waals surface area contributed by atoms with E-state index in [4.69, 9.17) is 0 Å². The van der Waals surface area contributed by atoms with Gasteiger partial charge in [-0.1, -0.05) is 25.6 Å². The first kappa shape index (κ1) is 21.3. The molecule has 1 aromatic rings. The van der Waals surface area contributed by atoms with Crippen LogP contribution in [0.15, 0.2) is 5.16 Å². The van der Waals surface area contributed by atoms with Gasteiger partial charge >= 0.3 is 0 Å². The number of piperidine rings is 1. The van der Waals surface area contributed by atoms with Gasteiger partial charge in [0.25, 0.3) is 0 Å². The van der Waals surface area contributed by atoms with E-state index in [0.29, 0.717) is 12.5 Å². The summed E-state index contributed by atoms with van der Waals surface area (Å²) in [6.45, 7) is 7.97. The minimum atomic E-state index is 0. The monoisotopic (exact) mass is 375 g/mol. The molecule has 1 aliphatic heterocycles. The van der Waals surface area contributed by atoms with Crippen molar-refractivity contribution in [3.8, 4) is 0 Å². The van der Waals surface area contributed by atoms with E-state index in [1.807, 2.05) is 6.26 Å². The molecule has 0 bridgehead atoms. The lowest BCUT2D eigenvalue weighted by Crippen LogP contribution is -2.38. The van der Waals surface area contributed by atoms with E-state index in [2.05, 4.69) is 39.2 Å². The second kappa shape index (κ2) is 10.9. The van der Waals surface area contributed by atoms with E-state index < -0.39 is 0 Å². The van der Waals surface area contributed by atoms with E-state index in [9.17, 15) is 4.79 Å². The van der Waals surface area contributed by atoms with E-state index in [1.54, 1.807) is 11.8 Å². The van der Waals surface area contributed by atoms with Crippen molar-refractivity contribution in [3.63, 3.8) is 0 Å². The van der Waals surface area contributed by atoms with E-state index >= 15 is 0 Å². The minimum absolute atomic E-state index is 0. The summed E-state index contributed by atoms with van der Waals surface area (Å²) in [7, 11) is 0. The highest BCUT2D eigenvalue weighted by atomic mass is 35.5. The van der Waals surface area contributed by atoms with Gasteiger partial charge in [0, 0.05) is 25.4 Å². The summed E-state index contributed by atoms with van der Waals surface area (Å²) in [6.07, 6.45) is 5.69. The number of rotatable bonds is 8. The normalized spacial score (nSPS) is 15.3. The Kier molecular flexibility index (Phi) is 9.69. The molecule has 0 radical (unpaired) electrons. The molecule has 0 unspecified atom stereocenters. The van der Waals surface area contributed by atoms with Gasteiger partial charge in [-0.05, 0) is 44.5 Å². The lowest BCUT2D eigenvalue weighted by molar-refractivity contribution is -0.125. The van der Waals surface area contributed by atoms with Crippen LogP contribution in [0.2, 0.25) is 0 Å². The van der Waals surface area contributed by atoms with E-state index in [0.717, 1.165) is 56.3 Å². The van der Waals surface area contributed by atoms with Crippen LogP contribution in [0.25, 0.3) is 0 Å². The van der Waals surface area contributed by atoms with E-state index in [1.165, 1.54) is 0 Å². The molecule has 0 aliphatic carbocycles. The summed E-state index contributed by atoms with van der Waals surface area (Å²) in [5.74, 6) is 1.98. The van der Waals surface area contributed by atoms with Crippen LogP contribution in [0, 0.1) is 11.8 Å². The lowest BCUT2D eigenvalue weighted by Gasteiger charge is -2.21. The standard InChI is InChI=1S/C16H29N5OS.ClH/c1-12(2)11-21-14(19-20-16(21)23-3)5-4-8-18-15(22)13-6-9-17-10-7-13;/h12-13,17H,4-11H2,1-3H3,(H,18,22);1H. The number of halogens is 1. The average Bonchev–Trinajstić information content (AvgIpc) is 2.93. The van der Waals surface area contributed by atoms with Gasteiger partial charge in [0.1, 0.15) is 5.82 Å². The molecule has 2 N–H and O–H groups in total. The zero-order valence-corrected chi connectivity index (χ0v) is 16.5. The Bertz CT molecular complexity index is 503. The van der Waals surface area contributed by atoms with Crippen LogP contribution in [0.3, 0.4) is 0 Å². The zero-order valence-electron chi connectivity index (χ0n) is 14.9. The number of aryl methyl sites for hydroxylation is 1. The van der Waals surface area contributed by atoms with E-state index in [-0.39, 0.29) is 24.2 Å². The number of hydrogen-bond acceptors (Lipinski definition) is 5. The molecule has 1 fully saturated rings. The average molecular weight is 376 g/mol. The van der Waals surface area contributed by atoms with Crippen LogP contribution < -0.4 is 10.6 Å². The summed E-state index contributed by atoms with van der Waals surface area (Å²) in [6, 6.07) is 0. The van der Waals surface area contributed by atoms with Gasteiger partial charge < -0.3 is 15.2 Å². The van der Waals surface area contributed by atoms with Crippen LogP contribution in [-0.2, 0) is 17.8 Å². The van der Waals surface area contributed by atoms with Crippen LogP contribution in [0.5, 0.6) is 0 Å². The molecule has 0 saturated carbocycles. The Morgan fingerprint density at radius 1 is 1.38 bits per heavy atom. The number of nitrogens with zero attached hydrogens (tertiary/aromatic N) is 3. The Hall–Kier alpha value is -0.790. The fourth-order valence-corrected chi connectivity index (χ4v) is 3.41. The lowest BCUT2D eigenvalue weighted by atomic mass is 9.97. The van der Waals surface area contributed by atoms with Crippen LogP contribution in [0.4, 0.5) is 0 Å². The molecule has 1 saturated heterocycles. The summed E-state index contributed by atoms with van der Waals surface area (Å²) >= 11 is 1.63. The van der Waals surface area contributed by atoms with Crippen molar-refractivity contribution in [2.24, 2.45) is 11.8 Å². The zero-order chi connectivity index (χ0) is 16.7. The fourth-order valence-electron chi connectivity index (χ4n) is 2.89. The number of thioether (sulfide) groups is 1. The van der Waals surface area contributed by atoms with Crippen molar-refractivity contribution in [1.29, 1.82) is 0 Å². The van der Waals surface area contributed by atoms with Gasteiger partial charge in [0.15, 0.2) is 5.16 Å². The van der Waals surface area contributed by atoms with Crippen molar-refractivity contribution in [1.82, 2.24) is 25.4 Å². The highest BCUT2D eigenvalue weighted by Gasteiger charge is 2.20. The summed E-state index contributed by atoms with van der Waals surface area (Å²) in [4.78, 5) is 12.1. The van der Waals surface area contributed by atoms with Gasteiger partial charge in [0.2, 0.25) is 5.91 Å².